The topological polar surface area (TPSA) is 64.5 Å². The first kappa shape index (κ1) is 14.6. The van der Waals surface area contributed by atoms with Gasteiger partial charge in [0.2, 0.25) is 5.88 Å². The second-order valence-corrected chi connectivity index (χ2v) is 5.05. The molecule has 6 nitrogen and oxygen atoms in total. The van der Waals surface area contributed by atoms with Crippen LogP contribution in [0.2, 0.25) is 0 Å². The lowest BCUT2D eigenvalue weighted by atomic mass is 10.4. The Morgan fingerprint density at radius 1 is 1.45 bits per heavy atom. The number of hydrogen-bond donors (Lipinski definition) is 0. The van der Waals surface area contributed by atoms with Gasteiger partial charge in [0.15, 0.2) is 5.82 Å². The van der Waals surface area contributed by atoms with Gasteiger partial charge in [0, 0.05) is 6.04 Å². The molecule has 1 aliphatic rings. The number of carbonyl (C=O) groups is 1. The molecule has 1 aromatic rings. The summed E-state index contributed by atoms with van der Waals surface area (Å²) in [5.74, 6) is 0.905. The van der Waals surface area contributed by atoms with Crippen molar-refractivity contribution in [3.63, 3.8) is 0 Å². The van der Waals surface area contributed by atoms with E-state index < -0.39 is 0 Å². The molecule has 0 atom stereocenters. The van der Waals surface area contributed by atoms with Crippen molar-refractivity contribution in [1.29, 1.82) is 0 Å². The summed E-state index contributed by atoms with van der Waals surface area (Å²) in [6.45, 7) is 6.27. The van der Waals surface area contributed by atoms with Crippen LogP contribution in [0.3, 0.4) is 0 Å². The number of aromatic nitrogens is 2. The molecule has 1 saturated carbocycles. The minimum atomic E-state index is -0.239. The number of ether oxygens (including phenoxy) is 2. The van der Waals surface area contributed by atoms with E-state index >= 15 is 0 Å². The summed E-state index contributed by atoms with van der Waals surface area (Å²) in [6, 6.07) is 0.350. The van der Waals surface area contributed by atoms with Gasteiger partial charge in [-0.1, -0.05) is 0 Å². The first-order valence-corrected chi connectivity index (χ1v) is 7.01. The van der Waals surface area contributed by atoms with Crippen LogP contribution >= 0.6 is 0 Å². The summed E-state index contributed by atoms with van der Waals surface area (Å²) in [4.78, 5) is 22.2. The average Bonchev–Trinajstić information content (AvgIpc) is 3.20. The van der Waals surface area contributed by atoms with Gasteiger partial charge in [0.05, 0.1) is 25.1 Å². The van der Waals surface area contributed by atoms with Crippen LogP contribution in [0.25, 0.3) is 0 Å². The highest BCUT2D eigenvalue weighted by molar-refractivity contribution is 5.75. The molecule has 1 aliphatic carbocycles. The number of carbonyl (C=O) groups excluding carboxylic acids is 1. The molecule has 1 aromatic heterocycles. The Morgan fingerprint density at radius 2 is 2.20 bits per heavy atom. The summed E-state index contributed by atoms with van der Waals surface area (Å²) < 4.78 is 10.5. The zero-order valence-electron chi connectivity index (χ0n) is 12.2. The van der Waals surface area contributed by atoms with Crippen molar-refractivity contribution in [2.45, 2.75) is 45.8 Å². The molecule has 0 saturated heterocycles. The molecule has 0 spiro atoms. The zero-order chi connectivity index (χ0) is 14.5. The van der Waals surface area contributed by atoms with Gasteiger partial charge in [-0.25, -0.2) is 0 Å². The third-order valence-electron chi connectivity index (χ3n) is 2.84. The summed E-state index contributed by atoms with van der Waals surface area (Å²) in [5, 5.41) is 0. The van der Waals surface area contributed by atoms with Gasteiger partial charge in [0.25, 0.3) is 0 Å². The SMILES string of the molecule is CCOC(=O)CN(c1cncc(OC(C)C)n1)C1CC1. The van der Waals surface area contributed by atoms with Crippen molar-refractivity contribution >= 4 is 11.8 Å². The Hall–Kier alpha value is -1.85. The molecule has 0 bridgehead atoms. The smallest absolute Gasteiger partial charge is 0.325 e. The maximum atomic E-state index is 11.7. The van der Waals surface area contributed by atoms with Crippen molar-refractivity contribution < 1.29 is 14.3 Å². The fraction of sp³-hybridized carbons (Fsp3) is 0.643. The highest BCUT2D eigenvalue weighted by Gasteiger charge is 2.32. The van der Waals surface area contributed by atoms with E-state index in [0.29, 0.717) is 24.3 Å². The van der Waals surface area contributed by atoms with Crippen LogP contribution in [0, 0.1) is 0 Å². The number of nitrogens with zero attached hydrogens (tertiary/aromatic N) is 3. The summed E-state index contributed by atoms with van der Waals surface area (Å²) >= 11 is 0. The van der Waals surface area contributed by atoms with Crippen molar-refractivity contribution in [2.24, 2.45) is 0 Å². The van der Waals surface area contributed by atoms with Gasteiger partial charge in [-0.3, -0.25) is 9.78 Å². The fourth-order valence-electron chi connectivity index (χ4n) is 1.90. The molecule has 6 heteroatoms. The van der Waals surface area contributed by atoms with E-state index in [9.17, 15) is 4.79 Å². The molecule has 1 heterocycles. The van der Waals surface area contributed by atoms with Crippen LogP contribution in [0.15, 0.2) is 12.4 Å². The number of esters is 1. The van der Waals surface area contributed by atoms with E-state index in [4.69, 9.17) is 9.47 Å². The molecule has 0 aliphatic heterocycles. The minimum Gasteiger partial charge on any atom is -0.474 e. The first-order chi connectivity index (χ1) is 9.60. The highest BCUT2D eigenvalue weighted by Crippen LogP contribution is 2.30. The normalized spacial score (nSPS) is 14.2. The standard InChI is InChI=1S/C14H21N3O3/c1-4-19-14(18)9-17(11-5-6-11)12-7-15-8-13(16-12)20-10(2)3/h7-8,10-11H,4-6,9H2,1-3H3. The molecule has 0 aromatic carbocycles. The minimum absolute atomic E-state index is 0.0407. The highest BCUT2D eigenvalue weighted by atomic mass is 16.5. The van der Waals surface area contributed by atoms with Gasteiger partial charge in [-0.05, 0) is 33.6 Å². The maximum Gasteiger partial charge on any atom is 0.325 e. The van der Waals surface area contributed by atoms with Crippen LogP contribution in [0.1, 0.15) is 33.6 Å². The first-order valence-electron chi connectivity index (χ1n) is 7.01. The van der Waals surface area contributed by atoms with E-state index in [1.54, 1.807) is 19.3 Å². The van der Waals surface area contributed by atoms with Crippen molar-refractivity contribution in [3.05, 3.63) is 12.4 Å². The molecular formula is C14H21N3O3. The predicted octanol–water partition coefficient (Wildman–Crippen LogP) is 1.80. The largest absolute Gasteiger partial charge is 0.474 e. The molecule has 0 N–H and O–H groups in total. The van der Waals surface area contributed by atoms with E-state index in [0.717, 1.165) is 12.8 Å². The van der Waals surface area contributed by atoms with Crippen LogP contribution in [-0.4, -0.2) is 41.2 Å². The maximum absolute atomic E-state index is 11.7. The van der Waals surface area contributed by atoms with Crippen molar-refractivity contribution in [1.82, 2.24) is 9.97 Å². The Balaban J connectivity index is 2.10. The molecular weight excluding hydrogens is 258 g/mol. The third kappa shape index (κ3) is 4.08. The number of anilines is 1. The zero-order valence-corrected chi connectivity index (χ0v) is 12.2. The number of hydrogen-bond acceptors (Lipinski definition) is 6. The average molecular weight is 279 g/mol. The molecule has 110 valence electrons. The number of rotatable bonds is 7. The quantitative estimate of drug-likeness (QED) is 0.709. The molecule has 2 rings (SSSR count). The van der Waals surface area contributed by atoms with Crippen LogP contribution < -0.4 is 9.64 Å². The van der Waals surface area contributed by atoms with Crippen molar-refractivity contribution in [3.8, 4) is 5.88 Å². The van der Waals surface area contributed by atoms with Gasteiger partial charge >= 0.3 is 5.97 Å². The van der Waals surface area contributed by atoms with Gasteiger partial charge in [0.1, 0.15) is 6.54 Å². The third-order valence-corrected chi connectivity index (χ3v) is 2.84. The van der Waals surface area contributed by atoms with Crippen molar-refractivity contribution in [2.75, 3.05) is 18.1 Å². The van der Waals surface area contributed by atoms with E-state index in [1.165, 1.54) is 0 Å². The molecule has 20 heavy (non-hydrogen) atoms. The molecule has 0 unspecified atom stereocenters. The fourth-order valence-corrected chi connectivity index (χ4v) is 1.90. The lowest BCUT2D eigenvalue weighted by Crippen LogP contribution is -2.33. The predicted molar refractivity (Wildman–Crippen MR) is 74.8 cm³/mol. The monoisotopic (exact) mass is 279 g/mol. The second-order valence-electron chi connectivity index (χ2n) is 5.05. The van der Waals surface area contributed by atoms with Gasteiger partial charge in [-0.2, -0.15) is 4.98 Å². The van der Waals surface area contributed by atoms with Crippen LogP contribution in [0.4, 0.5) is 5.82 Å². The van der Waals surface area contributed by atoms with Gasteiger partial charge in [-0.15, -0.1) is 0 Å². The van der Waals surface area contributed by atoms with Gasteiger partial charge < -0.3 is 14.4 Å². The Kier molecular flexibility index (Phi) is 4.76. The van der Waals surface area contributed by atoms with E-state index in [1.807, 2.05) is 18.7 Å². The Morgan fingerprint density at radius 3 is 2.80 bits per heavy atom. The summed E-state index contributed by atoms with van der Waals surface area (Å²) in [5.41, 5.74) is 0. The lowest BCUT2D eigenvalue weighted by molar-refractivity contribution is -0.141. The van der Waals surface area contributed by atoms with Crippen LogP contribution in [0.5, 0.6) is 5.88 Å². The molecule has 0 amide bonds. The Labute approximate surface area is 119 Å². The summed E-state index contributed by atoms with van der Waals surface area (Å²) in [7, 11) is 0. The molecule has 1 fully saturated rings. The lowest BCUT2D eigenvalue weighted by Gasteiger charge is -2.22. The Bertz CT molecular complexity index is 461. The van der Waals surface area contributed by atoms with Crippen LogP contribution in [-0.2, 0) is 9.53 Å². The van der Waals surface area contributed by atoms with E-state index in [2.05, 4.69) is 9.97 Å². The second kappa shape index (κ2) is 6.54. The molecule has 0 radical (unpaired) electrons. The summed E-state index contributed by atoms with van der Waals surface area (Å²) in [6.07, 6.45) is 5.41. The van der Waals surface area contributed by atoms with E-state index in [-0.39, 0.29) is 18.6 Å².